The van der Waals surface area contributed by atoms with Crippen LogP contribution in [-0.4, -0.2) is 42.1 Å². The molecular weight excluding hydrogens is 451 g/mol. The topological polar surface area (TPSA) is 49.6 Å². The molecular formula is C21H37IN4O. The largest absolute Gasteiger partial charge is 0.356 e. The van der Waals surface area contributed by atoms with Crippen LogP contribution in [0.3, 0.4) is 0 Å². The Morgan fingerprint density at radius 2 is 2.11 bits per heavy atom. The predicted molar refractivity (Wildman–Crippen MR) is 125 cm³/mol. The highest BCUT2D eigenvalue weighted by Gasteiger charge is 2.31. The monoisotopic (exact) mass is 488 g/mol. The molecule has 1 aliphatic heterocycles. The molecule has 1 fully saturated rings. The van der Waals surface area contributed by atoms with E-state index in [-0.39, 0.29) is 29.5 Å². The van der Waals surface area contributed by atoms with Crippen molar-refractivity contribution in [1.82, 2.24) is 14.8 Å². The molecule has 1 atom stereocenters. The van der Waals surface area contributed by atoms with Crippen LogP contribution in [0.15, 0.2) is 28.0 Å². The van der Waals surface area contributed by atoms with Crippen molar-refractivity contribution < 1.29 is 0 Å². The molecule has 0 radical (unpaired) electrons. The van der Waals surface area contributed by atoms with Gasteiger partial charge in [0.2, 0.25) is 0 Å². The summed E-state index contributed by atoms with van der Waals surface area (Å²) in [4.78, 5) is 18.8. The lowest BCUT2D eigenvalue weighted by Gasteiger charge is -2.42. The van der Waals surface area contributed by atoms with E-state index in [1.807, 2.05) is 30.7 Å². The highest BCUT2D eigenvalue weighted by atomic mass is 127. The average molecular weight is 488 g/mol. The van der Waals surface area contributed by atoms with Gasteiger partial charge in [-0.25, -0.2) is 0 Å². The summed E-state index contributed by atoms with van der Waals surface area (Å²) in [6.07, 6.45) is 7.11. The minimum Gasteiger partial charge on any atom is -0.356 e. The summed E-state index contributed by atoms with van der Waals surface area (Å²) in [7, 11) is 1.88. The van der Waals surface area contributed by atoms with Crippen molar-refractivity contribution in [1.29, 1.82) is 0 Å². The SMILES string of the molecule is CCCC1(C)CCCN(C(=NC)NCCCCn2c(C)cccc2=O)C1.I. The number of nitrogens with one attached hydrogen (secondary N) is 1. The number of guanidine groups is 1. The van der Waals surface area contributed by atoms with Crippen molar-refractivity contribution in [3.05, 3.63) is 34.2 Å². The van der Waals surface area contributed by atoms with Crippen LogP contribution < -0.4 is 10.9 Å². The fourth-order valence-corrected chi connectivity index (χ4v) is 4.14. The summed E-state index contributed by atoms with van der Waals surface area (Å²) in [5.74, 6) is 1.03. The van der Waals surface area contributed by atoms with Crippen molar-refractivity contribution >= 4 is 29.9 Å². The highest BCUT2D eigenvalue weighted by Crippen LogP contribution is 2.33. The number of likely N-dealkylation sites (tertiary alicyclic amines) is 1. The number of aryl methyl sites for hydroxylation is 1. The van der Waals surface area contributed by atoms with E-state index in [1.165, 1.54) is 25.7 Å². The fraction of sp³-hybridized carbons (Fsp3) is 0.714. The van der Waals surface area contributed by atoms with Crippen LogP contribution in [0.25, 0.3) is 0 Å². The Kier molecular flexibility index (Phi) is 10.4. The number of nitrogens with zero attached hydrogens (tertiary/aromatic N) is 3. The zero-order valence-electron chi connectivity index (χ0n) is 17.5. The number of rotatable bonds is 7. The molecule has 0 bridgehead atoms. The third-order valence-corrected chi connectivity index (χ3v) is 5.51. The van der Waals surface area contributed by atoms with Gasteiger partial charge in [-0.05, 0) is 50.5 Å². The molecule has 1 aromatic rings. The maximum atomic E-state index is 11.9. The van der Waals surface area contributed by atoms with Gasteiger partial charge in [-0.15, -0.1) is 24.0 Å². The molecule has 1 aromatic heterocycles. The molecule has 0 saturated carbocycles. The molecule has 5 nitrogen and oxygen atoms in total. The second kappa shape index (κ2) is 11.7. The highest BCUT2D eigenvalue weighted by molar-refractivity contribution is 14.0. The smallest absolute Gasteiger partial charge is 0.250 e. The molecule has 1 saturated heterocycles. The van der Waals surface area contributed by atoms with E-state index < -0.39 is 0 Å². The Bertz CT molecular complexity index is 654. The van der Waals surface area contributed by atoms with Crippen LogP contribution >= 0.6 is 24.0 Å². The number of pyridine rings is 1. The first-order chi connectivity index (χ1) is 12.5. The maximum Gasteiger partial charge on any atom is 0.250 e. The van der Waals surface area contributed by atoms with Crippen LogP contribution in [0.4, 0.5) is 0 Å². The molecule has 0 amide bonds. The first kappa shape index (κ1) is 24.0. The first-order valence-electron chi connectivity index (χ1n) is 10.1. The van der Waals surface area contributed by atoms with Gasteiger partial charge >= 0.3 is 0 Å². The molecule has 27 heavy (non-hydrogen) atoms. The molecule has 0 aliphatic carbocycles. The number of unbranched alkanes of at least 4 members (excludes halogenated alkanes) is 1. The number of piperidine rings is 1. The molecule has 0 aromatic carbocycles. The molecule has 2 rings (SSSR count). The number of aromatic nitrogens is 1. The van der Waals surface area contributed by atoms with Crippen LogP contribution in [-0.2, 0) is 6.54 Å². The Morgan fingerprint density at radius 1 is 1.33 bits per heavy atom. The van der Waals surface area contributed by atoms with Gasteiger partial charge in [0, 0.05) is 45.0 Å². The molecule has 0 spiro atoms. The second-order valence-electron chi connectivity index (χ2n) is 7.92. The maximum absolute atomic E-state index is 11.9. The van der Waals surface area contributed by atoms with E-state index >= 15 is 0 Å². The minimum atomic E-state index is 0. The summed E-state index contributed by atoms with van der Waals surface area (Å²) in [6.45, 7) is 10.5. The molecule has 1 aliphatic rings. The van der Waals surface area contributed by atoms with Gasteiger partial charge in [0.05, 0.1) is 0 Å². The standard InChI is InChI=1S/C21H36N4O.HI/c1-5-12-21(3)13-9-15-24(17-21)20(22-4)23-14-6-7-16-25-18(2)10-8-11-19(25)26;/h8,10-11H,5-7,9,12-17H2,1-4H3,(H,22,23);1H. The summed E-state index contributed by atoms with van der Waals surface area (Å²) in [6, 6.07) is 5.45. The van der Waals surface area contributed by atoms with Gasteiger partial charge in [-0.3, -0.25) is 9.79 Å². The zero-order valence-corrected chi connectivity index (χ0v) is 19.8. The van der Waals surface area contributed by atoms with Gasteiger partial charge in [0.15, 0.2) is 5.96 Å². The van der Waals surface area contributed by atoms with Gasteiger partial charge in [0.1, 0.15) is 0 Å². The molecule has 1 unspecified atom stereocenters. The van der Waals surface area contributed by atoms with Crippen molar-refractivity contribution in [3.63, 3.8) is 0 Å². The van der Waals surface area contributed by atoms with Crippen molar-refractivity contribution in [3.8, 4) is 0 Å². The Morgan fingerprint density at radius 3 is 2.78 bits per heavy atom. The van der Waals surface area contributed by atoms with Crippen molar-refractivity contribution in [2.45, 2.75) is 65.8 Å². The minimum absolute atomic E-state index is 0. The average Bonchev–Trinajstić information content (AvgIpc) is 2.60. The number of aliphatic imine (C=N–C) groups is 1. The van der Waals surface area contributed by atoms with Crippen molar-refractivity contribution in [2.75, 3.05) is 26.7 Å². The Hall–Kier alpha value is -1.05. The summed E-state index contributed by atoms with van der Waals surface area (Å²) >= 11 is 0. The third-order valence-electron chi connectivity index (χ3n) is 5.51. The first-order valence-corrected chi connectivity index (χ1v) is 10.1. The van der Waals surface area contributed by atoms with E-state index in [2.05, 4.69) is 29.1 Å². The summed E-state index contributed by atoms with van der Waals surface area (Å²) in [5, 5.41) is 3.52. The number of hydrogen-bond donors (Lipinski definition) is 1. The van der Waals surface area contributed by atoms with E-state index in [0.29, 0.717) is 5.41 Å². The second-order valence-corrected chi connectivity index (χ2v) is 7.92. The fourth-order valence-electron chi connectivity index (χ4n) is 4.14. The van der Waals surface area contributed by atoms with E-state index in [0.717, 1.165) is 50.7 Å². The van der Waals surface area contributed by atoms with Gasteiger partial charge < -0.3 is 14.8 Å². The van der Waals surface area contributed by atoms with Crippen LogP contribution in [0.2, 0.25) is 0 Å². The number of halogens is 1. The lowest BCUT2D eigenvalue weighted by Crippen LogP contribution is -2.50. The molecule has 2 heterocycles. The van der Waals surface area contributed by atoms with Crippen LogP contribution in [0.5, 0.6) is 0 Å². The van der Waals surface area contributed by atoms with E-state index in [1.54, 1.807) is 6.07 Å². The zero-order chi connectivity index (χ0) is 19.0. The lowest BCUT2D eigenvalue weighted by molar-refractivity contribution is 0.142. The van der Waals surface area contributed by atoms with Crippen molar-refractivity contribution in [2.24, 2.45) is 10.4 Å². The predicted octanol–water partition coefficient (Wildman–Crippen LogP) is 4.03. The van der Waals surface area contributed by atoms with E-state index in [4.69, 9.17) is 0 Å². The normalized spacial score (nSPS) is 20.3. The lowest BCUT2D eigenvalue weighted by atomic mass is 9.78. The van der Waals surface area contributed by atoms with Gasteiger partial charge in [-0.1, -0.05) is 26.3 Å². The third kappa shape index (κ3) is 7.12. The van der Waals surface area contributed by atoms with Crippen LogP contribution in [0, 0.1) is 12.3 Å². The molecule has 1 N–H and O–H groups in total. The Labute approximate surface area is 181 Å². The summed E-state index contributed by atoms with van der Waals surface area (Å²) < 4.78 is 1.86. The number of hydrogen-bond acceptors (Lipinski definition) is 2. The van der Waals surface area contributed by atoms with Gasteiger partial charge in [0.25, 0.3) is 5.56 Å². The Balaban J connectivity index is 0.00000364. The molecule has 154 valence electrons. The molecule has 6 heteroatoms. The quantitative estimate of drug-likeness (QED) is 0.273. The van der Waals surface area contributed by atoms with Crippen LogP contribution in [0.1, 0.15) is 58.1 Å². The van der Waals surface area contributed by atoms with E-state index in [9.17, 15) is 4.79 Å². The summed E-state index contributed by atoms with van der Waals surface area (Å²) in [5.41, 5.74) is 1.54. The van der Waals surface area contributed by atoms with Gasteiger partial charge in [-0.2, -0.15) is 0 Å².